The highest BCUT2D eigenvalue weighted by Gasteiger charge is 2.20. The molecule has 0 atom stereocenters. The molecule has 0 aromatic heterocycles. The van der Waals surface area contributed by atoms with Crippen molar-refractivity contribution in [2.75, 3.05) is 31.4 Å². The lowest BCUT2D eigenvalue weighted by atomic mass is 10.2. The number of hydrogen-bond donors (Lipinski definition) is 2. The quantitative estimate of drug-likeness (QED) is 0.584. The number of carbonyl (C=O) groups excluding carboxylic acids is 1. The van der Waals surface area contributed by atoms with Crippen LogP contribution in [0.4, 0.5) is 11.4 Å². The van der Waals surface area contributed by atoms with Gasteiger partial charge in [-0.25, -0.2) is 0 Å². The summed E-state index contributed by atoms with van der Waals surface area (Å²) in [6, 6.07) is 5.11. The Hall–Kier alpha value is -1.75. The summed E-state index contributed by atoms with van der Waals surface area (Å²) in [6.45, 7) is 0.705. The van der Waals surface area contributed by atoms with Crippen molar-refractivity contribution in [3.05, 3.63) is 18.2 Å². The third-order valence-electron chi connectivity index (χ3n) is 3.10. The lowest BCUT2D eigenvalue weighted by molar-refractivity contribution is -0.120. The Bertz CT molecular complexity index is 444. The number of anilines is 2. The first-order chi connectivity index (χ1) is 9.19. The molecule has 0 aliphatic heterocycles. The Morgan fingerprint density at radius 1 is 1.47 bits per heavy atom. The van der Waals surface area contributed by atoms with Crippen LogP contribution >= 0.6 is 0 Å². The summed E-state index contributed by atoms with van der Waals surface area (Å²) >= 11 is 0. The van der Waals surface area contributed by atoms with Crippen LogP contribution in [0, 0.1) is 5.92 Å². The molecule has 1 saturated carbocycles. The van der Waals surface area contributed by atoms with Gasteiger partial charge < -0.3 is 20.5 Å². The Morgan fingerprint density at radius 3 is 2.95 bits per heavy atom. The largest absolute Gasteiger partial charge is 0.495 e. The Balaban J connectivity index is 1.78. The standard InChI is InChI=1S/C14H20N2O3/c1-18-13-5-4-11(15)8-12(13)16-14(17)9-19-7-6-10-2-3-10/h4-5,8,10H,2-3,6-7,9,15H2,1H3,(H,16,17). The second-order valence-electron chi connectivity index (χ2n) is 4.79. The van der Waals surface area contributed by atoms with Crippen molar-refractivity contribution in [2.45, 2.75) is 19.3 Å². The van der Waals surface area contributed by atoms with Crippen LogP contribution in [0.2, 0.25) is 0 Å². The number of rotatable bonds is 7. The Morgan fingerprint density at radius 2 is 2.26 bits per heavy atom. The molecule has 1 aliphatic rings. The molecule has 0 spiro atoms. The number of amides is 1. The molecule has 3 N–H and O–H groups in total. The van der Waals surface area contributed by atoms with Crippen molar-refractivity contribution in [1.29, 1.82) is 0 Å². The van der Waals surface area contributed by atoms with Gasteiger partial charge in [-0.15, -0.1) is 0 Å². The summed E-state index contributed by atoms with van der Waals surface area (Å²) < 4.78 is 10.5. The fraction of sp³-hybridized carbons (Fsp3) is 0.500. The number of hydrogen-bond acceptors (Lipinski definition) is 4. The molecule has 1 amide bonds. The van der Waals surface area contributed by atoms with E-state index in [1.807, 2.05) is 0 Å². The van der Waals surface area contributed by atoms with Gasteiger partial charge >= 0.3 is 0 Å². The number of nitrogens with one attached hydrogen (secondary N) is 1. The van der Waals surface area contributed by atoms with Gasteiger partial charge in [0.05, 0.1) is 12.8 Å². The molecule has 19 heavy (non-hydrogen) atoms. The van der Waals surface area contributed by atoms with Crippen molar-refractivity contribution < 1.29 is 14.3 Å². The minimum absolute atomic E-state index is 0.0602. The lowest BCUT2D eigenvalue weighted by Gasteiger charge is -2.11. The summed E-state index contributed by atoms with van der Waals surface area (Å²) in [5.74, 6) is 1.21. The molecular formula is C14H20N2O3. The maximum atomic E-state index is 11.7. The van der Waals surface area contributed by atoms with Crippen LogP contribution in [0.3, 0.4) is 0 Å². The number of ether oxygens (including phenoxy) is 2. The zero-order valence-corrected chi connectivity index (χ0v) is 11.1. The number of carbonyl (C=O) groups is 1. The molecule has 0 bridgehead atoms. The van der Waals surface area contributed by atoms with E-state index < -0.39 is 0 Å². The fourth-order valence-electron chi connectivity index (χ4n) is 1.83. The summed E-state index contributed by atoms with van der Waals surface area (Å²) in [5, 5.41) is 2.74. The SMILES string of the molecule is COc1ccc(N)cc1NC(=O)COCCC1CC1. The smallest absolute Gasteiger partial charge is 0.250 e. The van der Waals surface area contributed by atoms with Crippen LogP contribution in [0.25, 0.3) is 0 Å². The van der Waals surface area contributed by atoms with Crippen molar-refractivity contribution >= 4 is 17.3 Å². The van der Waals surface area contributed by atoms with E-state index in [9.17, 15) is 4.79 Å². The van der Waals surface area contributed by atoms with E-state index in [1.165, 1.54) is 12.8 Å². The molecule has 1 aliphatic carbocycles. The van der Waals surface area contributed by atoms with E-state index >= 15 is 0 Å². The van der Waals surface area contributed by atoms with Crippen LogP contribution in [0.1, 0.15) is 19.3 Å². The molecule has 1 fully saturated rings. The zero-order valence-electron chi connectivity index (χ0n) is 11.1. The summed E-state index contributed by atoms with van der Waals surface area (Å²) in [4.78, 5) is 11.7. The number of benzene rings is 1. The summed E-state index contributed by atoms with van der Waals surface area (Å²) in [5.41, 5.74) is 6.82. The van der Waals surface area contributed by atoms with Crippen molar-refractivity contribution in [3.63, 3.8) is 0 Å². The van der Waals surface area contributed by atoms with Gasteiger partial charge in [0.15, 0.2) is 0 Å². The average Bonchev–Trinajstić information content (AvgIpc) is 3.19. The highest BCUT2D eigenvalue weighted by Crippen LogP contribution is 2.32. The summed E-state index contributed by atoms with van der Waals surface area (Å²) in [7, 11) is 1.55. The van der Waals surface area contributed by atoms with Gasteiger partial charge in [-0.1, -0.05) is 12.8 Å². The van der Waals surface area contributed by atoms with Gasteiger partial charge in [0.2, 0.25) is 5.91 Å². The first kappa shape index (κ1) is 13.7. The lowest BCUT2D eigenvalue weighted by Crippen LogP contribution is -2.19. The van der Waals surface area contributed by atoms with Crippen molar-refractivity contribution in [3.8, 4) is 5.75 Å². The topological polar surface area (TPSA) is 73.6 Å². The molecule has 5 nitrogen and oxygen atoms in total. The van der Waals surface area contributed by atoms with Crippen LogP contribution in [-0.2, 0) is 9.53 Å². The molecule has 0 unspecified atom stereocenters. The zero-order chi connectivity index (χ0) is 13.7. The molecule has 104 valence electrons. The van der Waals surface area contributed by atoms with E-state index in [2.05, 4.69) is 5.32 Å². The van der Waals surface area contributed by atoms with Gasteiger partial charge in [0, 0.05) is 12.3 Å². The predicted molar refractivity (Wildman–Crippen MR) is 74.2 cm³/mol. The fourth-order valence-corrected chi connectivity index (χ4v) is 1.83. The van der Waals surface area contributed by atoms with E-state index in [1.54, 1.807) is 25.3 Å². The molecule has 1 aromatic rings. The second kappa shape index (κ2) is 6.43. The molecular weight excluding hydrogens is 244 g/mol. The third-order valence-corrected chi connectivity index (χ3v) is 3.10. The highest BCUT2D eigenvalue weighted by atomic mass is 16.5. The van der Waals surface area contributed by atoms with E-state index in [4.69, 9.17) is 15.2 Å². The van der Waals surface area contributed by atoms with E-state index in [0.29, 0.717) is 23.7 Å². The third kappa shape index (κ3) is 4.44. The first-order valence-corrected chi connectivity index (χ1v) is 6.50. The van der Waals surface area contributed by atoms with Gasteiger partial charge in [-0.2, -0.15) is 0 Å². The molecule has 0 radical (unpaired) electrons. The molecule has 5 heteroatoms. The van der Waals surface area contributed by atoms with E-state index in [-0.39, 0.29) is 12.5 Å². The number of methoxy groups -OCH3 is 1. The highest BCUT2D eigenvalue weighted by molar-refractivity contribution is 5.93. The minimum Gasteiger partial charge on any atom is -0.495 e. The maximum absolute atomic E-state index is 11.7. The number of nitrogen functional groups attached to an aromatic ring is 1. The minimum atomic E-state index is -0.195. The second-order valence-corrected chi connectivity index (χ2v) is 4.79. The van der Waals surface area contributed by atoms with Crippen LogP contribution in [-0.4, -0.2) is 26.2 Å². The molecule has 0 saturated heterocycles. The maximum Gasteiger partial charge on any atom is 0.250 e. The van der Waals surface area contributed by atoms with Crippen molar-refractivity contribution in [1.82, 2.24) is 0 Å². The normalized spacial score (nSPS) is 14.2. The van der Waals surface area contributed by atoms with Crippen LogP contribution in [0.5, 0.6) is 5.75 Å². The Kier molecular flexibility index (Phi) is 4.63. The van der Waals surface area contributed by atoms with Gasteiger partial charge in [-0.05, 0) is 30.5 Å². The van der Waals surface area contributed by atoms with Gasteiger partial charge in [-0.3, -0.25) is 4.79 Å². The first-order valence-electron chi connectivity index (χ1n) is 6.50. The number of nitrogens with two attached hydrogens (primary N) is 1. The molecule has 1 aromatic carbocycles. The molecule has 0 heterocycles. The average molecular weight is 264 g/mol. The van der Waals surface area contributed by atoms with Crippen LogP contribution in [0.15, 0.2) is 18.2 Å². The monoisotopic (exact) mass is 264 g/mol. The van der Waals surface area contributed by atoms with Gasteiger partial charge in [0.1, 0.15) is 12.4 Å². The predicted octanol–water partition coefficient (Wildman–Crippen LogP) is 2.03. The Labute approximate surface area is 113 Å². The van der Waals surface area contributed by atoms with Crippen LogP contribution < -0.4 is 15.8 Å². The molecule has 2 rings (SSSR count). The van der Waals surface area contributed by atoms with Crippen molar-refractivity contribution in [2.24, 2.45) is 5.92 Å². The van der Waals surface area contributed by atoms with Gasteiger partial charge in [0.25, 0.3) is 0 Å². The summed E-state index contributed by atoms with van der Waals surface area (Å²) in [6.07, 6.45) is 3.65. The van der Waals surface area contributed by atoms with E-state index in [0.717, 1.165) is 12.3 Å².